The quantitative estimate of drug-likeness (QED) is 0.672. The molecule has 0 amide bonds. The van der Waals surface area contributed by atoms with Gasteiger partial charge in [-0.15, -0.1) is 24.8 Å². The highest BCUT2D eigenvalue weighted by Gasteiger charge is 2.10. The molecule has 0 aromatic carbocycles. The van der Waals surface area contributed by atoms with Crippen LogP contribution in [0.15, 0.2) is 0 Å². The fraction of sp³-hybridized carbons (Fsp3) is 1.00. The van der Waals surface area contributed by atoms with Crippen molar-refractivity contribution in [3.8, 4) is 0 Å². The average Bonchev–Trinajstić information content (AvgIpc) is 1.91. The van der Waals surface area contributed by atoms with Gasteiger partial charge in [0.15, 0.2) is 0 Å². The molecule has 1 unspecified atom stereocenters. The van der Waals surface area contributed by atoms with Crippen LogP contribution in [0.25, 0.3) is 0 Å². The maximum atomic E-state index is 5.38. The number of rotatable bonds is 2. The number of hydrogen-bond acceptors (Lipinski definition) is 3. The molecule has 0 aromatic heterocycles. The molecule has 0 saturated carbocycles. The molecule has 1 heterocycles. The normalized spacial score (nSPS) is 23.2. The summed E-state index contributed by atoms with van der Waals surface area (Å²) in [6.07, 6.45) is 1.34. The zero-order valence-corrected chi connectivity index (χ0v) is 8.05. The second-order valence-corrected chi connectivity index (χ2v) is 2.27. The Morgan fingerprint density at radius 3 is 2.64 bits per heavy atom. The summed E-state index contributed by atoms with van der Waals surface area (Å²) in [6.45, 7) is 3.52. The van der Waals surface area contributed by atoms with E-state index in [4.69, 9.17) is 10.5 Å². The zero-order chi connectivity index (χ0) is 6.53. The van der Waals surface area contributed by atoms with Crippen LogP contribution in [-0.4, -0.2) is 32.3 Å². The minimum atomic E-state index is 0. The largest absolute Gasteiger partial charge is 0.376 e. The fourth-order valence-electron chi connectivity index (χ4n) is 0.991. The third kappa shape index (κ3) is 5.70. The Balaban J connectivity index is 0. The van der Waals surface area contributed by atoms with Crippen molar-refractivity contribution in [2.75, 3.05) is 26.2 Å². The van der Waals surface area contributed by atoms with Gasteiger partial charge in [0.1, 0.15) is 0 Å². The first-order chi connectivity index (χ1) is 4.43. The highest BCUT2D eigenvalue weighted by atomic mass is 35.5. The van der Waals surface area contributed by atoms with Crippen molar-refractivity contribution < 1.29 is 4.74 Å². The van der Waals surface area contributed by atoms with Crippen LogP contribution in [0.5, 0.6) is 0 Å². The first-order valence-corrected chi connectivity index (χ1v) is 3.46. The summed E-state index contributed by atoms with van der Waals surface area (Å²) in [5.74, 6) is 0. The summed E-state index contributed by atoms with van der Waals surface area (Å²) in [7, 11) is 0. The summed E-state index contributed by atoms with van der Waals surface area (Å²) in [5, 5.41) is 3.24. The topological polar surface area (TPSA) is 47.3 Å². The van der Waals surface area contributed by atoms with Crippen molar-refractivity contribution >= 4 is 24.8 Å². The van der Waals surface area contributed by atoms with Crippen molar-refractivity contribution in [1.29, 1.82) is 0 Å². The standard InChI is InChI=1S/C6H14N2O.2ClH/c7-2-1-6-5-8-3-4-9-6;;/h6,8H,1-5,7H2;2*1H. The lowest BCUT2D eigenvalue weighted by atomic mass is 10.2. The van der Waals surface area contributed by atoms with Gasteiger partial charge in [0.25, 0.3) is 0 Å². The van der Waals surface area contributed by atoms with Gasteiger partial charge in [0, 0.05) is 13.1 Å². The molecule has 1 aliphatic rings. The van der Waals surface area contributed by atoms with Crippen LogP contribution in [0, 0.1) is 0 Å². The molecule has 0 spiro atoms. The fourth-order valence-corrected chi connectivity index (χ4v) is 0.991. The van der Waals surface area contributed by atoms with E-state index in [1.54, 1.807) is 0 Å². The van der Waals surface area contributed by atoms with Crippen molar-refractivity contribution in [3.63, 3.8) is 0 Å². The third-order valence-corrected chi connectivity index (χ3v) is 1.49. The van der Waals surface area contributed by atoms with Crippen LogP contribution in [0.3, 0.4) is 0 Å². The lowest BCUT2D eigenvalue weighted by molar-refractivity contribution is 0.0252. The Hall–Kier alpha value is 0.460. The molecule has 1 saturated heterocycles. The van der Waals surface area contributed by atoms with Gasteiger partial charge in [0.2, 0.25) is 0 Å². The predicted molar refractivity (Wildman–Crippen MR) is 50.8 cm³/mol. The second kappa shape index (κ2) is 8.56. The number of nitrogens with two attached hydrogens (primary N) is 1. The van der Waals surface area contributed by atoms with Crippen molar-refractivity contribution in [2.24, 2.45) is 5.73 Å². The van der Waals surface area contributed by atoms with E-state index >= 15 is 0 Å². The molecule has 3 nitrogen and oxygen atoms in total. The molecule has 1 fully saturated rings. The Morgan fingerprint density at radius 2 is 2.18 bits per heavy atom. The van der Waals surface area contributed by atoms with Gasteiger partial charge < -0.3 is 15.8 Å². The highest BCUT2D eigenvalue weighted by molar-refractivity contribution is 5.85. The van der Waals surface area contributed by atoms with Crippen LogP contribution in [0.2, 0.25) is 0 Å². The van der Waals surface area contributed by atoms with Gasteiger partial charge in [-0.05, 0) is 13.0 Å². The van der Waals surface area contributed by atoms with Gasteiger partial charge in [-0.3, -0.25) is 0 Å². The molecule has 1 aliphatic heterocycles. The summed E-state index contributed by atoms with van der Waals surface area (Å²) < 4.78 is 5.38. The molecule has 0 bridgehead atoms. The maximum absolute atomic E-state index is 5.38. The van der Waals surface area contributed by atoms with Crippen LogP contribution in [-0.2, 0) is 4.74 Å². The summed E-state index contributed by atoms with van der Waals surface area (Å²) in [5.41, 5.74) is 5.35. The van der Waals surface area contributed by atoms with Crippen molar-refractivity contribution in [1.82, 2.24) is 5.32 Å². The Kier molecular flexibility index (Phi) is 10.9. The Morgan fingerprint density at radius 1 is 1.45 bits per heavy atom. The minimum Gasteiger partial charge on any atom is -0.376 e. The molecule has 1 rings (SSSR count). The molecule has 70 valence electrons. The van der Waals surface area contributed by atoms with E-state index in [0.717, 1.165) is 32.7 Å². The summed E-state index contributed by atoms with van der Waals surface area (Å²) in [4.78, 5) is 0. The number of nitrogens with one attached hydrogen (secondary N) is 1. The van der Waals surface area contributed by atoms with E-state index in [-0.39, 0.29) is 24.8 Å². The monoisotopic (exact) mass is 202 g/mol. The maximum Gasteiger partial charge on any atom is 0.0712 e. The van der Waals surface area contributed by atoms with Crippen molar-refractivity contribution in [2.45, 2.75) is 12.5 Å². The van der Waals surface area contributed by atoms with Gasteiger partial charge in [-0.2, -0.15) is 0 Å². The summed E-state index contributed by atoms with van der Waals surface area (Å²) in [6, 6.07) is 0. The molecule has 11 heavy (non-hydrogen) atoms. The van der Waals surface area contributed by atoms with Crippen LogP contribution in [0.1, 0.15) is 6.42 Å². The molecule has 3 N–H and O–H groups in total. The number of ether oxygens (including phenoxy) is 1. The van der Waals surface area contributed by atoms with E-state index in [2.05, 4.69) is 5.32 Å². The van der Waals surface area contributed by atoms with Gasteiger partial charge >= 0.3 is 0 Å². The highest BCUT2D eigenvalue weighted by Crippen LogP contribution is 1.98. The Bertz CT molecular complexity index is 76.2. The lowest BCUT2D eigenvalue weighted by Gasteiger charge is -2.22. The number of halogens is 2. The van der Waals surface area contributed by atoms with E-state index < -0.39 is 0 Å². The smallest absolute Gasteiger partial charge is 0.0712 e. The molecule has 0 aliphatic carbocycles. The first-order valence-electron chi connectivity index (χ1n) is 3.46. The van der Waals surface area contributed by atoms with Crippen molar-refractivity contribution in [3.05, 3.63) is 0 Å². The Labute approximate surface area is 79.9 Å². The third-order valence-electron chi connectivity index (χ3n) is 1.49. The first kappa shape index (κ1) is 14.0. The lowest BCUT2D eigenvalue weighted by Crippen LogP contribution is -2.39. The van der Waals surface area contributed by atoms with Gasteiger partial charge in [0.05, 0.1) is 12.7 Å². The van der Waals surface area contributed by atoms with Crippen LogP contribution >= 0.6 is 24.8 Å². The van der Waals surface area contributed by atoms with Crippen LogP contribution < -0.4 is 11.1 Å². The molecular formula is C6H16Cl2N2O. The second-order valence-electron chi connectivity index (χ2n) is 2.27. The molecule has 0 aromatic rings. The SMILES string of the molecule is Cl.Cl.NCCC1CNCCO1. The van der Waals surface area contributed by atoms with E-state index in [1.165, 1.54) is 0 Å². The zero-order valence-electron chi connectivity index (χ0n) is 6.41. The van der Waals surface area contributed by atoms with Crippen LogP contribution in [0.4, 0.5) is 0 Å². The van der Waals surface area contributed by atoms with Gasteiger partial charge in [-0.1, -0.05) is 0 Å². The number of morpholine rings is 1. The predicted octanol–water partition coefficient (Wildman–Crippen LogP) is 0.167. The molecule has 1 atom stereocenters. The van der Waals surface area contributed by atoms with E-state index in [0.29, 0.717) is 6.10 Å². The van der Waals surface area contributed by atoms with E-state index in [9.17, 15) is 0 Å². The molecule has 0 radical (unpaired) electrons. The van der Waals surface area contributed by atoms with Gasteiger partial charge in [-0.25, -0.2) is 0 Å². The number of hydrogen-bond donors (Lipinski definition) is 2. The molecule has 5 heteroatoms. The summed E-state index contributed by atoms with van der Waals surface area (Å²) >= 11 is 0. The molecular weight excluding hydrogens is 187 g/mol. The average molecular weight is 203 g/mol. The minimum absolute atomic E-state index is 0. The van der Waals surface area contributed by atoms with E-state index in [1.807, 2.05) is 0 Å².